The fourth-order valence-corrected chi connectivity index (χ4v) is 5.86. The molecule has 0 aromatic heterocycles. The van der Waals surface area contributed by atoms with Crippen LogP contribution in [0.15, 0.2) is 54.6 Å². The van der Waals surface area contributed by atoms with Gasteiger partial charge in [0.15, 0.2) is 0 Å². The Balaban J connectivity index is 0.000000387. The monoisotopic (exact) mass is 794 g/mol. The summed E-state index contributed by atoms with van der Waals surface area (Å²) in [5.41, 5.74) is 6.28. The zero-order valence-electron chi connectivity index (χ0n) is 31.3. The predicted molar refractivity (Wildman–Crippen MR) is 217 cm³/mol. The van der Waals surface area contributed by atoms with Crippen molar-refractivity contribution in [3.8, 4) is 17.2 Å². The molecule has 3 aliphatic rings. The maximum absolute atomic E-state index is 11.4. The Morgan fingerprint density at radius 2 is 1.08 bits per heavy atom. The SMILES string of the molecule is COC(=O)c1ccc2c(c1)O[C@@H](C)CN(C)C2.COC(=O)c1ccc2c(c1)O[C@@H](C)CNC2.C[C@H]1CN(C)Cc2ccc(C(=O)NO)cc2O1.S.S.S. The molecule has 3 heterocycles. The van der Waals surface area contributed by atoms with Crippen molar-refractivity contribution >= 4 is 58.3 Å². The van der Waals surface area contributed by atoms with Crippen LogP contribution in [0.2, 0.25) is 0 Å². The second-order valence-electron chi connectivity index (χ2n) is 12.7. The smallest absolute Gasteiger partial charge is 0.337 e. The summed E-state index contributed by atoms with van der Waals surface area (Å²) in [6, 6.07) is 16.1. The van der Waals surface area contributed by atoms with Crippen LogP contribution in [0.4, 0.5) is 0 Å². The molecule has 3 aromatic carbocycles. The molecule has 0 saturated heterocycles. The van der Waals surface area contributed by atoms with E-state index >= 15 is 0 Å². The lowest BCUT2D eigenvalue weighted by Gasteiger charge is -2.15. The van der Waals surface area contributed by atoms with E-state index in [1.807, 2.05) is 46.0 Å². The van der Waals surface area contributed by atoms with E-state index in [4.69, 9.17) is 24.2 Å². The number of ether oxygens (including phenoxy) is 5. The number of likely N-dealkylation sites (N-methyl/N-ethyl adjacent to an activating group) is 2. The lowest BCUT2D eigenvalue weighted by molar-refractivity contribution is 0.0591. The largest absolute Gasteiger partial charge is 0.489 e. The molecule has 3 aliphatic heterocycles. The lowest BCUT2D eigenvalue weighted by Crippen LogP contribution is -2.27. The van der Waals surface area contributed by atoms with Crippen molar-refractivity contribution < 1.29 is 43.3 Å². The van der Waals surface area contributed by atoms with Crippen LogP contribution in [0, 0.1) is 0 Å². The minimum atomic E-state index is -0.526. The second-order valence-corrected chi connectivity index (χ2v) is 12.7. The number of fused-ring (bicyclic) bond motifs is 3. The van der Waals surface area contributed by atoms with E-state index in [9.17, 15) is 14.4 Å². The first-order chi connectivity index (χ1) is 23.9. The van der Waals surface area contributed by atoms with Gasteiger partial charge in [-0.1, -0.05) is 18.2 Å². The van der Waals surface area contributed by atoms with Crippen LogP contribution in [0.25, 0.3) is 0 Å². The normalized spacial score (nSPS) is 18.7. The summed E-state index contributed by atoms with van der Waals surface area (Å²) < 4.78 is 26.7. The first-order valence-corrected chi connectivity index (χ1v) is 16.5. The van der Waals surface area contributed by atoms with Crippen LogP contribution in [0.5, 0.6) is 17.2 Å². The molecule has 3 atom stereocenters. The van der Waals surface area contributed by atoms with Gasteiger partial charge >= 0.3 is 11.9 Å². The zero-order chi connectivity index (χ0) is 36.4. The fraction of sp³-hybridized carbons (Fsp3) is 0.432. The minimum Gasteiger partial charge on any atom is -0.489 e. The van der Waals surface area contributed by atoms with Crippen LogP contribution in [0.1, 0.15) is 68.5 Å². The Morgan fingerprint density at radius 1 is 0.679 bits per heavy atom. The molecule has 53 heavy (non-hydrogen) atoms. The van der Waals surface area contributed by atoms with Crippen molar-refractivity contribution in [3.05, 3.63) is 88.0 Å². The van der Waals surface area contributed by atoms with Crippen molar-refractivity contribution in [2.45, 2.75) is 58.7 Å². The van der Waals surface area contributed by atoms with Gasteiger partial charge in [0.25, 0.3) is 5.91 Å². The number of methoxy groups -OCH3 is 2. The molecule has 0 saturated carbocycles. The van der Waals surface area contributed by atoms with Crippen molar-refractivity contribution in [2.24, 2.45) is 0 Å². The van der Waals surface area contributed by atoms with E-state index in [1.54, 1.807) is 41.9 Å². The standard InChI is InChI=1S/C13H17NO3.C12H16N2O3.C12H15NO3.3H2S/c1-9-7-14(2)8-11-5-4-10(13(15)16-3)6-12(11)17-9;1-8-6-14(2)7-10-4-3-9(12(15)13-16)5-11(10)17-8;1-8-6-13-7-10-4-3-9(12(14)15-2)5-11(10)16-8;;;/h4-6,9H,7-8H2,1-3H3;3-5,8,16H,6-7H2,1-2H3,(H,13,15);3-5,8,13H,6-7H2,1-2H3;3*1H2/t9-;2*8-;;;/m000.../s1. The Morgan fingerprint density at radius 3 is 1.53 bits per heavy atom. The Hall–Kier alpha value is -3.64. The molecule has 0 fully saturated rings. The number of esters is 2. The molecular weight excluding hydrogens is 741 g/mol. The number of nitrogens with zero attached hydrogens (tertiary/aromatic N) is 2. The molecule has 16 heteroatoms. The zero-order valence-corrected chi connectivity index (χ0v) is 34.3. The van der Waals surface area contributed by atoms with Gasteiger partial charge in [-0.05, 0) is 71.3 Å². The van der Waals surface area contributed by atoms with Crippen LogP contribution in [-0.4, -0.2) is 99.1 Å². The van der Waals surface area contributed by atoms with Gasteiger partial charge in [-0.15, -0.1) is 0 Å². The summed E-state index contributed by atoms with van der Waals surface area (Å²) in [7, 11) is 6.84. The van der Waals surface area contributed by atoms with Crippen LogP contribution in [0.3, 0.4) is 0 Å². The first kappa shape index (κ1) is 47.4. The quantitative estimate of drug-likeness (QED) is 0.196. The Bertz CT molecular complexity index is 1580. The fourth-order valence-electron chi connectivity index (χ4n) is 5.86. The molecule has 3 aromatic rings. The van der Waals surface area contributed by atoms with Gasteiger partial charge in [0, 0.05) is 61.5 Å². The van der Waals surface area contributed by atoms with Gasteiger partial charge < -0.3 is 29.0 Å². The van der Waals surface area contributed by atoms with E-state index in [-0.39, 0.29) is 70.7 Å². The van der Waals surface area contributed by atoms with Crippen LogP contribution in [-0.2, 0) is 29.1 Å². The predicted octanol–water partition coefficient (Wildman–Crippen LogP) is 4.39. The van der Waals surface area contributed by atoms with Crippen molar-refractivity contribution in [3.63, 3.8) is 0 Å². The first-order valence-electron chi connectivity index (χ1n) is 16.5. The maximum atomic E-state index is 11.4. The highest BCUT2D eigenvalue weighted by molar-refractivity contribution is 7.59. The highest BCUT2D eigenvalue weighted by atomic mass is 32.1. The Labute approximate surface area is 332 Å². The molecule has 3 N–H and O–H groups in total. The third-order valence-corrected chi connectivity index (χ3v) is 8.16. The van der Waals surface area contributed by atoms with Gasteiger partial charge in [0.1, 0.15) is 35.6 Å². The topological polar surface area (TPSA) is 148 Å². The molecular formula is C37H54N4O9S3. The highest BCUT2D eigenvalue weighted by Crippen LogP contribution is 2.28. The number of hydroxylamine groups is 1. The number of carbonyl (C=O) groups is 3. The van der Waals surface area contributed by atoms with Gasteiger partial charge in [0.05, 0.1) is 25.3 Å². The molecule has 0 bridgehead atoms. The lowest BCUT2D eigenvalue weighted by atomic mass is 10.1. The minimum absolute atomic E-state index is 0. The molecule has 6 rings (SSSR count). The number of hydrogen-bond acceptors (Lipinski definition) is 12. The molecule has 0 spiro atoms. The summed E-state index contributed by atoms with van der Waals surface area (Å²) in [6.45, 7) is 10.9. The van der Waals surface area contributed by atoms with Gasteiger partial charge in [0.2, 0.25) is 0 Å². The second kappa shape index (κ2) is 22.5. The van der Waals surface area contributed by atoms with E-state index < -0.39 is 5.91 Å². The van der Waals surface area contributed by atoms with Crippen molar-refractivity contribution in [2.75, 3.05) is 47.9 Å². The summed E-state index contributed by atoms with van der Waals surface area (Å²) >= 11 is 0. The summed E-state index contributed by atoms with van der Waals surface area (Å²) in [4.78, 5) is 38.5. The Kier molecular flexibility index (Phi) is 20.2. The molecule has 1 amide bonds. The van der Waals surface area contributed by atoms with E-state index in [2.05, 4.69) is 26.9 Å². The number of amides is 1. The number of benzene rings is 3. The van der Waals surface area contributed by atoms with Gasteiger partial charge in [-0.3, -0.25) is 19.8 Å². The van der Waals surface area contributed by atoms with E-state index in [0.29, 0.717) is 22.4 Å². The third kappa shape index (κ3) is 13.6. The average Bonchev–Trinajstić information content (AvgIpc) is 3.44. The van der Waals surface area contributed by atoms with Crippen LogP contribution >= 0.6 is 40.5 Å². The van der Waals surface area contributed by atoms with Gasteiger partial charge in [-0.2, -0.15) is 40.5 Å². The molecule has 294 valence electrons. The molecule has 0 aliphatic carbocycles. The van der Waals surface area contributed by atoms with Crippen molar-refractivity contribution in [1.29, 1.82) is 0 Å². The van der Waals surface area contributed by atoms with Gasteiger partial charge in [-0.25, -0.2) is 15.1 Å². The van der Waals surface area contributed by atoms with E-state index in [1.165, 1.54) is 14.2 Å². The van der Waals surface area contributed by atoms with E-state index in [0.717, 1.165) is 67.5 Å². The molecule has 0 radical (unpaired) electrons. The summed E-state index contributed by atoms with van der Waals surface area (Å²) in [5, 5.41) is 11.9. The molecule has 0 unspecified atom stereocenters. The number of nitrogens with one attached hydrogen (secondary N) is 2. The number of rotatable bonds is 3. The number of carbonyl (C=O) groups excluding carboxylic acids is 3. The maximum Gasteiger partial charge on any atom is 0.337 e. The average molecular weight is 795 g/mol. The highest BCUT2D eigenvalue weighted by Gasteiger charge is 2.21. The van der Waals surface area contributed by atoms with Crippen LogP contribution < -0.4 is 25.0 Å². The number of hydrogen-bond donors (Lipinski definition) is 3. The summed E-state index contributed by atoms with van der Waals surface area (Å²) in [6.07, 6.45) is 0.303. The third-order valence-electron chi connectivity index (χ3n) is 8.16. The summed E-state index contributed by atoms with van der Waals surface area (Å²) in [5.74, 6) is 1.06. The molecule has 13 nitrogen and oxygen atoms in total. The van der Waals surface area contributed by atoms with Crippen molar-refractivity contribution in [1.82, 2.24) is 20.6 Å².